The molecule has 0 aliphatic heterocycles. The van der Waals surface area contributed by atoms with Gasteiger partial charge in [0.2, 0.25) is 5.91 Å². The summed E-state index contributed by atoms with van der Waals surface area (Å²) in [6, 6.07) is 9.82. The molecule has 0 bridgehead atoms. The topological polar surface area (TPSA) is 46.9 Å². The lowest BCUT2D eigenvalue weighted by atomic mass is 10.1. The monoisotopic (exact) mass is 271 g/mol. The van der Waals surface area contributed by atoms with Gasteiger partial charge in [-0.3, -0.25) is 9.48 Å². The molecule has 0 fully saturated rings. The lowest BCUT2D eigenvalue weighted by Gasteiger charge is -2.02. The van der Waals surface area contributed by atoms with E-state index in [1.807, 2.05) is 36.0 Å². The second kappa shape index (κ2) is 4.51. The van der Waals surface area contributed by atoms with Gasteiger partial charge >= 0.3 is 0 Å². The van der Waals surface area contributed by atoms with Gasteiger partial charge < -0.3 is 5.32 Å². The van der Waals surface area contributed by atoms with Gasteiger partial charge in [0.1, 0.15) is 5.69 Å². The van der Waals surface area contributed by atoms with E-state index in [2.05, 4.69) is 21.9 Å². The molecule has 0 atom stereocenters. The zero-order valence-corrected chi connectivity index (χ0v) is 11.5. The molecule has 5 heteroatoms. The Hall–Kier alpha value is -2.14. The molecule has 1 N–H and O–H groups in total. The summed E-state index contributed by atoms with van der Waals surface area (Å²) in [5.41, 5.74) is 3.99. The Kier molecular flexibility index (Phi) is 2.83. The first-order valence-corrected chi connectivity index (χ1v) is 6.81. The van der Waals surface area contributed by atoms with Gasteiger partial charge in [-0.2, -0.15) is 5.10 Å². The lowest BCUT2D eigenvalue weighted by Crippen LogP contribution is -2.05. The highest BCUT2D eigenvalue weighted by atomic mass is 32.1. The van der Waals surface area contributed by atoms with E-state index in [1.165, 1.54) is 11.6 Å². The lowest BCUT2D eigenvalue weighted by molar-refractivity contribution is -0.114. The smallest absolute Gasteiger partial charge is 0.221 e. The Morgan fingerprint density at radius 3 is 2.68 bits per heavy atom. The summed E-state index contributed by atoms with van der Waals surface area (Å²) in [5.74, 6) is -0.0637. The maximum atomic E-state index is 11.0. The van der Waals surface area contributed by atoms with Crippen molar-refractivity contribution in [2.75, 3.05) is 5.32 Å². The van der Waals surface area contributed by atoms with Crippen LogP contribution >= 0.6 is 11.3 Å². The van der Waals surface area contributed by atoms with E-state index < -0.39 is 0 Å². The first-order valence-electron chi connectivity index (χ1n) is 5.93. The number of aryl methyl sites for hydroxylation is 1. The third-order valence-electron chi connectivity index (χ3n) is 2.94. The molecular weight excluding hydrogens is 258 g/mol. The summed E-state index contributed by atoms with van der Waals surface area (Å²) in [4.78, 5) is 11.0. The highest BCUT2D eigenvalue weighted by molar-refractivity contribution is 7.17. The van der Waals surface area contributed by atoms with Crippen molar-refractivity contribution < 1.29 is 4.79 Å². The van der Waals surface area contributed by atoms with Crippen LogP contribution in [0, 0.1) is 0 Å². The molecule has 2 heterocycles. The number of amides is 1. The Morgan fingerprint density at radius 2 is 2.00 bits per heavy atom. The number of rotatable bonds is 2. The average molecular weight is 271 g/mol. The number of thiophene rings is 1. The van der Waals surface area contributed by atoms with Gasteiger partial charge in [0.05, 0.1) is 10.2 Å². The summed E-state index contributed by atoms with van der Waals surface area (Å²) < 4.78 is 3.08. The first kappa shape index (κ1) is 11.9. The number of carbonyl (C=O) groups excluding carboxylic acids is 1. The number of carbonyl (C=O) groups is 1. The number of aromatic nitrogens is 2. The van der Waals surface area contributed by atoms with E-state index in [9.17, 15) is 4.79 Å². The van der Waals surface area contributed by atoms with Crippen LogP contribution < -0.4 is 5.32 Å². The second-order valence-corrected chi connectivity index (χ2v) is 5.28. The van der Waals surface area contributed by atoms with Crippen molar-refractivity contribution in [2.45, 2.75) is 6.92 Å². The molecule has 0 saturated heterocycles. The van der Waals surface area contributed by atoms with Crippen molar-refractivity contribution >= 4 is 33.1 Å². The van der Waals surface area contributed by atoms with E-state index in [-0.39, 0.29) is 5.91 Å². The van der Waals surface area contributed by atoms with Crippen LogP contribution in [0.3, 0.4) is 0 Å². The molecule has 3 rings (SSSR count). The van der Waals surface area contributed by atoms with Crippen LogP contribution in [0.1, 0.15) is 6.92 Å². The third kappa shape index (κ3) is 2.13. The molecule has 0 unspecified atom stereocenters. The van der Waals surface area contributed by atoms with Crippen molar-refractivity contribution in [3.63, 3.8) is 0 Å². The van der Waals surface area contributed by atoms with Crippen LogP contribution in [-0.4, -0.2) is 15.7 Å². The Labute approximate surface area is 114 Å². The number of hydrogen-bond acceptors (Lipinski definition) is 3. The number of nitrogens with one attached hydrogen (secondary N) is 1. The SMILES string of the molecule is CC(=O)Nc1ccc(-c2nn(C)c3ccsc23)cc1. The van der Waals surface area contributed by atoms with E-state index in [1.54, 1.807) is 11.3 Å². The first-order chi connectivity index (χ1) is 9.15. The average Bonchev–Trinajstić information content (AvgIpc) is 2.94. The molecule has 1 aromatic carbocycles. The van der Waals surface area contributed by atoms with E-state index in [0.717, 1.165) is 22.5 Å². The van der Waals surface area contributed by atoms with Crippen LogP contribution in [0.5, 0.6) is 0 Å². The highest BCUT2D eigenvalue weighted by Crippen LogP contribution is 2.32. The van der Waals surface area contributed by atoms with Gasteiger partial charge in [0.25, 0.3) is 0 Å². The molecule has 19 heavy (non-hydrogen) atoms. The van der Waals surface area contributed by atoms with Gasteiger partial charge in [-0.25, -0.2) is 0 Å². The number of anilines is 1. The van der Waals surface area contributed by atoms with Gasteiger partial charge in [-0.05, 0) is 23.6 Å². The minimum Gasteiger partial charge on any atom is -0.326 e. The van der Waals surface area contributed by atoms with E-state index in [4.69, 9.17) is 0 Å². The maximum absolute atomic E-state index is 11.0. The molecule has 96 valence electrons. The Bertz CT molecular complexity index is 740. The molecule has 3 aromatic rings. The quantitative estimate of drug-likeness (QED) is 0.777. The largest absolute Gasteiger partial charge is 0.326 e. The van der Waals surface area contributed by atoms with Crippen LogP contribution in [0.2, 0.25) is 0 Å². The Balaban J connectivity index is 2.02. The fourth-order valence-corrected chi connectivity index (χ4v) is 3.01. The minimum atomic E-state index is -0.0637. The number of nitrogens with zero attached hydrogens (tertiary/aromatic N) is 2. The van der Waals surface area contributed by atoms with Gasteiger partial charge in [0, 0.05) is 25.2 Å². The Morgan fingerprint density at radius 1 is 1.26 bits per heavy atom. The highest BCUT2D eigenvalue weighted by Gasteiger charge is 2.11. The van der Waals surface area contributed by atoms with Gasteiger partial charge in [0.15, 0.2) is 0 Å². The molecule has 0 spiro atoms. The zero-order valence-electron chi connectivity index (χ0n) is 10.7. The van der Waals surface area contributed by atoms with Crippen molar-refractivity contribution in [3.8, 4) is 11.3 Å². The minimum absolute atomic E-state index is 0.0637. The van der Waals surface area contributed by atoms with Crippen LogP contribution in [0.15, 0.2) is 35.7 Å². The summed E-state index contributed by atoms with van der Waals surface area (Å²) >= 11 is 1.69. The van der Waals surface area contributed by atoms with Gasteiger partial charge in [-0.15, -0.1) is 11.3 Å². The molecule has 0 radical (unpaired) electrons. The molecule has 0 aliphatic carbocycles. The summed E-state index contributed by atoms with van der Waals surface area (Å²) in [6.45, 7) is 1.50. The standard InChI is InChI=1S/C14H13N3OS/c1-9(18)15-11-5-3-10(4-6-11)13-14-12(7-8-19-14)17(2)16-13/h3-8H,1-2H3,(H,15,18). The van der Waals surface area contributed by atoms with Crippen LogP contribution in [-0.2, 0) is 11.8 Å². The maximum Gasteiger partial charge on any atom is 0.221 e. The van der Waals surface area contributed by atoms with Crippen molar-refractivity contribution in [3.05, 3.63) is 35.7 Å². The molecule has 2 aromatic heterocycles. The van der Waals surface area contributed by atoms with Crippen molar-refractivity contribution in [1.29, 1.82) is 0 Å². The summed E-state index contributed by atoms with van der Waals surface area (Å²) in [7, 11) is 1.95. The molecule has 0 aliphatic rings. The molecule has 4 nitrogen and oxygen atoms in total. The van der Waals surface area contributed by atoms with Crippen molar-refractivity contribution in [1.82, 2.24) is 9.78 Å². The second-order valence-electron chi connectivity index (χ2n) is 4.37. The third-order valence-corrected chi connectivity index (χ3v) is 3.85. The fourth-order valence-electron chi connectivity index (χ4n) is 2.09. The summed E-state index contributed by atoms with van der Waals surface area (Å²) in [6.07, 6.45) is 0. The van der Waals surface area contributed by atoms with Crippen LogP contribution in [0.4, 0.5) is 5.69 Å². The fraction of sp³-hybridized carbons (Fsp3) is 0.143. The predicted octanol–water partition coefficient (Wildman–Crippen LogP) is 3.26. The predicted molar refractivity (Wildman–Crippen MR) is 78.3 cm³/mol. The summed E-state index contributed by atoms with van der Waals surface area (Å²) in [5, 5.41) is 9.38. The van der Waals surface area contributed by atoms with Crippen LogP contribution in [0.25, 0.3) is 21.5 Å². The zero-order chi connectivity index (χ0) is 13.4. The molecule has 0 saturated carbocycles. The van der Waals surface area contributed by atoms with E-state index >= 15 is 0 Å². The number of benzene rings is 1. The van der Waals surface area contributed by atoms with Crippen molar-refractivity contribution in [2.24, 2.45) is 7.05 Å². The van der Waals surface area contributed by atoms with Gasteiger partial charge in [-0.1, -0.05) is 12.1 Å². The number of hydrogen-bond donors (Lipinski definition) is 1. The number of fused-ring (bicyclic) bond motifs is 1. The van der Waals surface area contributed by atoms with E-state index in [0.29, 0.717) is 0 Å². The molecular formula is C14H13N3OS. The normalized spacial score (nSPS) is 10.8. The molecule has 1 amide bonds.